The predicted molar refractivity (Wildman–Crippen MR) is 120 cm³/mol. The van der Waals surface area contributed by atoms with Gasteiger partial charge in [-0.2, -0.15) is 0 Å². The zero-order chi connectivity index (χ0) is 20.4. The molecule has 2 atom stereocenters. The lowest BCUT2D eigenvalue weighted by molar-refractivity contribution is -0.121. The first kappa shape index (κ1) is 20.4. The van der Waals surface area contributed by atoms with Crippen LogP contribution < -0.4 is 21.1 Å². The number of hydrazine groups is 1. The third-order valence-corrected chi connectivity index (χ3v) is 6.21. The van der Waals surface area contributed by atoms with E-state index in [1.54, 1.807) is 29.2 Å². The van der Waals surface area contributed by atoms with E-state index >= 15 is 0 Å². The van der Waals surface area contributed by atoms with E-state index in [4.69, 9.17) is 11.6 Å². The van der Waals surface area contributed by atoms with Gasteiger partial charge >= 0.3 is 0 Å². The Labute approximate surface area is 185 Å². The number of nitrogens with zero attached hydrogens (tertiary/aromatic N) is 2. The molecule has 2 aromatic rings. The average Bonchev–Trinajstić information content (AvgIpc) is 3.18. The van der Waals surface area contributed by atoms with E-state index in [0.717, 1.165) is 4.47 Å². The Bertz CT molecular complexity index is 954. The molecule has 150 valence electrons. The number of benzene rings is 2. The molecule has 3 N–H and O–H groups in total. The summed E-state index contributed by atoms with van der Waals surface area (Å²) in [5.74, 6) is -0.424. The molecule has 1 fully saturated rings. The minimum atomic E-state index is -0.344. The van der Waals surface area contributed by atoms with Gasteiger partial charge in [0.05, 0.1) is 17.4 Å². The van der Waals surface area contributed by atoms with Gasteiger partial charge in [-0.25, -0.2) is 10.4 Å². The van der Waals surface area contributed by atoms with Crippen molar-refractivity contribution in [2.45, 2.75) is 6.17 Å². The highest BCUT2D eigenvalue weighted by molar-refractivity contribution is 9.10. The lowest BCUT2D eigenvalue weighted by Gasteiger charge is -2.32. The summed E-state index contributed by atoms with van der Waals surface area (Å²) in [5, 5.41) is 3.90. The predicted octanol–water partition coefficient (Wildman–Crippen LogP) is 3.23. The zero-order valence-corrected chi connectivity index (χ0v) is 18.2. The molecule has 0 saturated carbocycles. The first-order chi connectivity index (χ1) is 14.0. The van der Waals surface area contributed by atoms with Crippen LogP contribution in [0.15, 0.2) is 58.0 Å². The Morgan fingerprint density at radius 2 is 1.97 bits per heavy atom. The fourth-order valence-electron chi connectivity index (χ4n) is 3.06. The van der Waals surface area contributed by atoms with Crippen LogP contribution in [-0.4, -0.2) is 35.4 Å². The number of thioether (sulfide) groups is 1. The van der Waals surface area contributed by atoms with E-state index in [1.165, 1.54) is 11.8 Å². The third kappa shape index (κ3) is 4.65. The van der Waals surface area contributed by atoms with Gasteiger partial charge < -0.3 is 5.32 Å². The number of amidine groups is 1. The van der Waals surface area contributed by atoms with Crippen molar-refractivity contribution in [2.24, 2.45) is 10.9 Å². The van der Waals surface area contributed by atoms with Gasteiger partial charge in [0.1, 0.15) is 6.17 Å². The standard InChI is InChI=1S/C19H17BrClN5O2S/c20-11-1-5-13(6-2-11)23-16(27)10-29-19-24-17-15(9-22-25-17)18(28)26(19)14-7-3-12(21)4-8-14/h1-8,15,17,22,25H,9-10H2,(H,23,27). The molecule has 2 amide bonds. The van der Waals surface area contributed by atoms with E-state index < -0.39 is 0 Å². The van der Waals surface area contributed by atoms with Crippen molar-refractivity contribution >= 4 is 67.6 Å². The van der Waals surface area contributed by atoms with Crippen LogP contribution in [0.5, 0.6) is 0 Å². The van der Waals surface area contributed by atoms with Crippen molar-refractivity contribution in [1.82, 2.24) is 10.9 Å². The van der Waals surface area contributed by atoms with Crippen LogP contribution in [0.1, 0.15) is 0 Å². The molecule has 0 aliphatic carbocycles. The molecule has 2 aliphatic heterocycles. The molecule has 2 aliphatic rings. The number of halogens is 2. The third-order valence-electron chi connectivity index (χ3n) is 4.48. The second-order valence-electron chi connectivity index (χ2n) is 6.48. The number of amides is 2. The molecule has 0 bridgehead atoms. The molecule has 10 heteroatoms. The van der Waals surface area contributed by atoms with Gasteiger partial charge in [0.25, 0.3) is 0 Å². The molecule has 29 heavy (non-hydrogen) atoms. The number of hydrogen-bond acceptors (Lipinski definition) is 6. The number of hydrogen-bond donors (Lipinski definition) is 3. The first-order valence-corrected chi connectivity index (χ1v) is 11.0. The van der Waals surface area contributed by atoms with E-state index in [9.17, 15) is 9.59 Å². The van der Waals surface area contributed by atoms with Crippen LogP contribution in [0.2, 0.25) is 5.02 Å². The van der Waals surface area contributed by atoms with Crippen LogP contribution in [0, 0.1) is 5.92 Å². The highest BCUT2D eigenvalue weighted by Gasteiger charge is 2.42. The van der Waals surface area contributed by atoms with Crippen molar-refractivity contribution in [3.63, 3.8) is 0 Å². The number of anilines is 2. The van der Waals surface area contributed by atoms with Crippen LogP contribution in [0.25, 0.3) is 0 Å². The van der Waals surface area contributed by atoms with Crippen molar-refractivity contribution in [2.75, 3.05) is 22.5 Å². The van der Waals surface area contributed by atoms with E-state index in [-0.39, 0.29) is 29.7 Å². The number of carbonyl (C=O) groups excluding carboxylic acids is 2. The molecule has 0 spiro atoms. The number of rotatable bonds is 4. The smallest absolute Gasteiger partial charge is 0.241 e. The van der Waals surface area contributed by atoms with Crippen molar-refractivity contribution < 1.29 is 9.59 Å². The Balaban J connectivity index is 1.50. The van der Waals surface area contributed by atoms with Crippen LogP contribution in [-0.2, 0) is 9.59 Å². The summed E-state index contributed by atoms with van der Waals surface area (Å²) in [6.45, 7) is 0.499. The van der Waals surface area contributed by atoms with E-state index in [0.29, 0.717) is 28.1 Å². The Hall–Kier alpha value is -1.91. The molecule has 1 saturated heterocycles. The molecule has 2 aromatic carbocycles. The first-order valence-electron chi connectivity index (χ1n) is 8.85. The largest absolute Gasteiger partial charge is 0.325 e. The van der Waals surface area contributed by atoms with Gasteiger partial charge in [0.2, 0.25) is 11.8 Å². The lowest BCUT2D eigenvalue weighted by Crippen LogP contribution is -2.49. The summed E-state index contributed by atoms with van der Waals surface area (Å²) in [4.78, 5) is 31.7. The molecule has 4 rings (SSSR count). The van der Waals surface area contributed by atoms with Gasteiger partial charge in [-0.15, -0.1) is 0 Å². The van der Waals surface area contributed by atoms with Crippen molar-refractivity contribution in [3.05, 3.63) is 58.0 Å². The average molecular weight is 495 g/mol. The second kappa shape index (κ2) is 8.85. The minimum absolute atomic E-state index is 0.0689. The van der Waals surface area contributed by atoms with Gasteiger partial charge in [-0.05, 0) is 48.5 Å². The Kier molecular flexibility index (Phi) is 6.21. The number of nitrogens with one attached hydrogen (secondary N) is 3. The number of aliphatic imine (C=N–C) groups is 1. The second-order valence-corrected chi connectivity index (χ2v) is 8.78. The SMILES string of the molecule is O=C(CSC1=NC2NNCC2C(=O)N1c1ccc(Cl)cc1)Nc1ccc(Br)cc1. The molecule has 0 aromatic heterocycles. The lowest BCUT2D eigenvalue weighted by atomic mass is 10.0. The van der Waals surface area contributed by atoms with Gasteiger partial charge in [-0.1, -0.05) is 39.3 Å². The van der Waals surface area contributed by atoms with E-state index in [1.807, 2.05) is 24.3 Å². The van der Waals surface area contributed by atoms with E-state index in [2.05, 4.69) is 37.1 Å². The monoisotopic (exact) mass is 493 g/mol. The molecular weight excluding hydrogens is 478 g/mol. The normalized spacial score (nSPS) is 21.0. The highest BCUT2D eigenvalue weighted by Crippen LogP contribution is 2.30. The molecule has 2 unspecified atom stereocenters. The zero-order valence-electron chi connectivity index (χ0n) is 15.1. The Morgan fingerprint density at radius 1 is 1.24 bits per heavy atom. The fourth-order valence-corrected chi connectivity index (χ4v) is 4.29. The van der Waals surface area contributed by atoms with Crippen molar-refractivity contribution in [1.29, 1.82) is 0 Å². The fraction of sp³-hybridized carbons (Fsp3) is 0.211. The summed E-state index contributed by atoms with van der Waals surface area (Å²) in [5.41, 5.74) is 7.36. The van der Waals surface area contributed by atoms with Crippen LogP contribution in [0.4, 0.5) is 11.4 Å². The maximum atomic E-state index is 13.1. The molecule has 7 nitrogen and oxygen atoms in total. The summed E-state index contributed by atoms with van der Waals surface area (Å²) in [6.07, 6.45) is -0.344. The summed E-state index contributed by atoms with van der Waals surface area (Å²) in [7, 11) is 0. The number of fused-ring (bicyclic) bond motifs is 1. The van der Waals surface area contributed by atoms with Crippen LogP contribution >= 0.6 is 39.3 Å². The van der Waals surface area contributed by atoms with Crippen molar-refractivity contribution in [3.8, 4) is 0 Å². The molecular formula is C19H17BrClN5O2S. The maximum absolute atomic E-state index is 13.1. The number of carbonyl (C=O) groups is 2. The minimum Gasteiger partial charge on any atom is -0.325 e. The summed E-state index contributed by atoms with van der Waals surface area (Å²) in [6, 6.07) is 14.3. The van der Waals surface area contributed by atoms with Gasteiger partial charge in [0, 0.05) is 21.7 Å². The summed E-state index contributed by atoms with van der Waals surface area (Å²) < 4.78 is 0.936. The highest BCUT2D eigenvalue weighted by atomic mass is 79.9. The molecule has 2 heterocycles. The van der Waals surface area contributed by atoms with Gasteiger partial charge in [0.15, 0.2) is 5.17 Å². The Morgan fingerprint density at radius 3 is 2.69 bits per heavy atom. The van der Waals surface area contributed by atoms with Gasteiger partial charge in [-0.3, -0.25) is 19.9 Å². The maximum Gasteiger partial charge on any atom is 0.241 e. The quantitative estimate of drug-likeness (QED) is 0.608. The van der Waals surface area contributed by atoms with Crippen LogP contribution in [0.3, 0.4) is 0 Å². The topological polar surface area (TPSA) is 85.8 Å². The summed E-state index contributed by atoms with van der Waals surface area (Å²) >= 11 is 10.6. The molecule has 0 radical (unpaired) electrons.